The van der Waals surface area contributed by atoms with Gasteiger partial charge in [0.1, 0.15) is 5.75 Å². The van der Waals surface area contributed by atoms with Crippen molar-refractivity contribution in [2.75, 3.05) is 11.9 Å². The molecule has 0 aliphatic heterocycles. The summed E-state index contributed by atoms with van der Waals surface area (Å²) in [6.07, 6.45) is 1.56. The SMILES string of the molecule is Cc1cc(OCC(=O)O)ccc1NC(=O)C[C@@H]1C[C@H]1c1ccccc1. The van der Waals surface area contributed by atoms with Gasteiger partial charge in [0.25, 0.3) is 0 Å². The van der Waals surface area contributed by atoms with Gasteiger partial charge in [0.05, 0.1) is 0 Å². The number of carbonyl (C=O) groups is 2. The maximum Gasteiger partial charge on any atom is 0.341 e. The van der Waals surface area contributed by atoms with Crippen molar-refractivity contribution in [3.63, 3.8) is 0 Å². The molecule has 2 aromatic carbocycles. The first-order chi connectivity index (χ1) is 12.0. The summed E-state index contributed by atoms with van der Waals surface area (Å²) in [6.45, 7) is 1.47. The fourth-order valence-electron chi connectivity index (χ4n) is 3.03. The minimum Gasteiger partial charge on any atom is -0.482 e. The number of anilines is 1. The van der Waals surface area contributed by atoms with E-state index in [0.29, 0.717) is 24.0 Å². The molecule has 0 bridgehead atoms. The van der Waals surface area contributed by atoms with E-state index in [4.69, 9.17) is 9.84 Å². The molecule has 2 N–H and O–H groups in total. The lowest BCUT2D eigenvalue weighted by atomic mass is 10.1. The summed E-state index contributed by atoms with van der Waals surface area (Å²) < 4.78 is 5.13. The molecule has 0 heterocycles. The number of carbonyl (C=O) groups excluding carboxylic acids is 1. The predicted octanol–water partition coefficient (Wildman–Crippen LogP) is 3.59. The number of amides is 1. The average molecular weight is 339 g/mol. The second-order valence-electron chi connectivity index (χ2n) is 6.42. The van der Waals surface area contributed by atoms with Crippen molar-refractivity contribution in [2.45, 2.75) is 25.7 Å². The Morgan fingerprint density at radius 3 is 2.64 bits per heavy atom. The molecule has 1 saturated carbocycles. The monoisotopic (exact) mass is 339 g/mol. The summed E-state index contributed by atoms with van der Waals surface area (Å²) in [6, 6.07) is 15.4. The lowest BCUT2D eigenvalue weighted by molar-refractivity contribution is -0.139. The normalized spacial score (nSPS) is 18.4. The van der Waals surface area contributed by atoms with Gasteiger partial charge in [-0.15, -0.1) is 0 Å². The number of carboxylic acid groups (broad SMARTS) is 1. The van der Waals surface area contributed by atoms with Crippen LogP contribution in [0, 0.1) is 12.8 Å². The van der Waals surface area contributed by atoms with Crippen molar-refractivity contribution < 1.29 is 19.4 Å². The number of aliphatic carboxylic acids is 1. The van der Waals surface area contributed by atoms with E-state index in [0.717, 1.165) is 17.7 Å². The molecule has 0 radical (unpaired) electrons. The number of nitrogens with one attached hydrogen (secondary N) is 1. The number of aryl methyl sites for hydroxylation is 1. The molecule has 2 aromatic rings. The van der Waals surface area contributed by atoms with Crippen LogP contribution in [0.1, 0.15) is 29.9 Å². The summed E-state index contributed by atoms with van der Waals surface area (Å²) in [5.74, 6) is 0.350. The van der Waals surface area contributed by atoms with Crippen molar-refractivity contribution in [1.29, 1.82) is 0 Å². The van der Waals surface area contributed by atoms with Gasteiger partial charge in [-0.25, -0.2) is 4.79 Å². The molecule has 130 valence electrons. The molecule has 25 heavy (non-hydrogen) atoms. The van der Waals surface area contributed by atoms with Crippen LogP contribution in [-0.4, -0.2) is 23.6 Å². The molecule has 1 fully saturated rings. The highest BCUT2D eigenvalue weighted by atomic mass is 16.5. The number of hydrogen-bond donors (Lipinski definition) is 2. The van der Waals surface area contributed by atoms with Gasteiger partial charge in [-0.2, -0.15) is 0 Å². The van der Waals surface area contributed by atoms with Crippen LogP contribution < -0.4 is 10.1 Å². The summed E-state index contributed by atoms with van der Waals surface area (Å²) in [4.78, 5) is 22.8. The average Bonchev–Trinajstić information content (AvgIpc) is 3.35. The van der Waals surface area contributed by atoms with Crippen molar-refractivity contribution in [1.82, 2.24) is 0 Å². The molecule has 1 aliphatic rings. The highest BCUT2D eigenvalue weighted by Gasteiger charge is 2.39. The summed E-state index contributed by atoms with van der Waals surface area (Å²) >= 11 is 0. The lowest BCUT2D eigenvalue weighted by Crippen LogP contribution is -2.13. The van der Waals surface area contributed by atoms with Crippen LogP contribution in [0.3, 0.4) is 0 Å². The third-order valence-electron chi connectivity index (χ3n) is 4.43. The smallest absolute Gasteiger partial charge is 0.341 e. The van der Waals surface area contributed by atoms with Crippen LogP contribution in [0.5, 0.6) is 5.75 Å². The Bertz CT molecular complexity index is 773. The van der Waals surface area contributed by atoms with Gasteiger partial charge in [0.15, 0.2) is 6.61 Å². The van der Waals surface area contributed by atoms with Crippen LogP contribution >= 0.6 is 0 Å². The van der Waals surface area contributed by atoms with E-state index in [2.05, 4.69) is 17.4 Å². The van der Waals surface area contributed by atoms with Gasteiger partial charge in [-0.1, -0.05) is 30.3 Å². The summed E-state index contributed by atoms with van der Waals surface area (Å²) in [5.41, 5.74) is 2.87. The van der Waals surface area contributed by atoms with E-state index in [1.54, 1.807) is 18.2 Å². The third kappa shape index (κ3) is 4.59. The molecule has 5 nitrogen and oxygen atoms in total. The fraction of sp³-hybridized carbons (Fsp3) is 0.300. The van der Waals surface area contributed by atoms with Crippen molar-refractivity contribution in [3.05, 3.63) is 59.7 Å². The zero-order chi connectivity index (χ0) is 17.8. The number of benzene rings is 2. The lowest BCUT2D eigenvalue weighted by Gasteiger charge is -2.10. The molecular formula is C20H21NO4. The summed E-state index contributed by atoms with van der Waals surface area (Å²) in [5, 5.41) is 11.6. The van der Waals surface area contributed by atoms with Crippen molar-refractivity contribution in [3.8, 4) is 5.75 Å². The van der Waals surface area contributed by atoms with Gasteiger partial charge < -0.3 is 15.2 Å². The maximum absolute atomic E-state index is 12.3. The number of ether oxygens (including phenoxy) is 1. The predicted molar refractivity (Wildman–Crippen MR) is 94.8 cm³/mol. The second kappa shape index (κ2) is 7.38. The van der Waals surface area contributed by atoms with E-state index < -0.39 is 5.97 Å². The van der Waals surface area contributed by atoms with E-state index in [-0.39, 0.29) is 12.5 Å². The molecule has 3 rings (SSSR count). The standard InChI is InChI=1S/C20H21NO4/c1-13-9-16(25-12-20(23)24)7-8-18(13)21-19(22)11-15-10-17(15)14-5-3-2-4-6-14/h2-9,15,17H,10-12H2,1H3,(H,21,22)(H,23,24)/t15-,17-/m0/s1. The van der Waals surface area contributed by atoms with Gasteiger partial charge in [0, 0.05) is 12.1 Å². The molecule has 5 heteroatoms. The molecule has 2 atom stereocenters. The highest BCUT2D eigenvalue weighted by molar-refractivity contribution is 5.92. The molecule has 0 unspecified atom stereocenters. The van der Waals surface area contributed by atoms with Crippen LogP contribution in [-0.2, 0) is 9.59 Å². The minimum absolute atomic E-state index is 0.00531. The third-order valence-corrected chi connectivity index (χ3v) is 4.43. The number of hydrogen-bond acceptors (Lipinski definition) is 3. The molecular weight excluding hydrogens is 318 g/mol. The first kappa shape index (κ1) is 17.0. The van der Waals surface area contributed by atoms with E-state index in [1.807, 2.05) is 25.1 Å². The number of carboxylic acids is 1. The minimum atomic E-state index is -1.02. The second-order valence-corrected chi connectivity index (χ2v) is 6.42. The molecule has 1 amide bonds. The quantitative estimate of drug-likeness (QED) is 0.808. The molecule has 0 saturated heterocycles. The Kier molecular flexibility index (Phi) is 5.03. The van der Waals surface area contributed by atoms with E-state index in [9.17, 15) is 9.59 Å². The van der Waals surface area contributed by atoms with Crippen LogP contribution in [0.2, 0.25) is 0 Å². The van der Waals surface area contributed by atoms with Crippen molar-refractivity contribution in [2.24, 2.45) is 5.92 Å². The first-order valence-electron chi connectivity index (χ1n) is 8.33. The van der Waals surface area contributed by atoms with Gasteiger partial charge in [-0.05, 0) is 54.5 Å². The first-order valence-corrected chi connectivity index (χ1v) is 8.33. The van der Waals surface area contributed by atoms with Gasteiger partial charge >= 0.3 is 5.97 Å². The zero-order valence-electron chi connectivity index (χ0n) is 14.1. The topological polar surface area (TPSA) is 75.6 Å². The summed E-state index contributed by atoms with van der Waals surface area (Å²) in [7, 11) is 0. The molecule has 0 aromatic heterocycles. The van der Waals surface area contributed by atoms with Gasteiger partial charge in [0.2, 0.25) is 5.91 Å². The Balaban J connectivity index is 1.52. The molecule has 0 spiro atoms. The number of rotatable bonds is 7. The Hall–Kier alpha value is -2.82. The van der Waals surface area contributed by atoms with Crippen molar-refractivity contribution >= 4 is 17.6 Å². The fourth-order valence-corrected chi connectivity index (χ4v) is 3.03. The van der Waals surface area contributed by atoms with Crippen LogP contribution in [0.25, 0.3) is 0 Å². The van der Waals surface area contributed by atoms with Gasteiger partial charge in [-0.3, -0.25) is 4.79 Å². The molecule has 1 aliphatic carbocycles. The van der Waals surface area contributed by atoms with Crippen LogP contribution in [0.15, 0.2) is 48.5 Å². The largest absolute Gasteiger partial charge is 0.482 e. The van der Waals surface area contributed by atoms with E-state index >= 15 is 0 Å². The Labute approximate surface area is 146 Å². The Morgan fingerprint density at radius 2 is 1.96 bits per heavy atom. The maximum atomic E-state index is 12.3. The zero-order valence-corrected chi connectivity index (χ0v) is 14.1. The van der Waals surface area contributed by atoms with Crippen LogP contribution in [0.4, 0.5) is 5.69 Å². The van der Waals surface area contributed by atoms with E-state index in [1.165, 1.54) is 5.56 Å². The highest BCUT2D eigenvalue weighted by Crippen LogP contribution is 2.49. The Morgan fingerprint density at radius 1 is 1.20 bits per heavy atom.